The van der Waals surface area contributed by atoms with Gasteiger partial charge < -0.3 is 26.6 Å². The highest BCUT2D eigenvalue weighted by atomic mass is 16.2. The molecule has 1 heterocycles. The number of amides is 4. The van der Waals surface area contributed by atoms with Gasteiger partial charge in [0, 0.05) is 38.3 Å². The lowest BCUT2D eigenvalue weighted by atomic mass is 9.95. The Morgan fingerprint density at radius 3 is 1.81 bits per heavy atom. The number of carbonyl (C=O) groups excluding carboxylic acids is 4. The lowest BCUT2D eigenvalue weighted by molar-refractivity contribution is -0.138. The fraction of sp³-hybridized carbons (Fsp3) is 0.302. The van der Waals surface area contributed by atoms with Gasteiger partial charge in [0.15, 0.2) is 0 Å². The summed E-state index contributed by atoms with van der Waals surface area (Å²) >= 11 is 0. The monoisotopic (exact) mass is 697 g/mol. The molecule has 1 aliphatic rings. The zero-order valence-corrected chi connectivity index (χ0v) is 29.4. The number of nitrogens with two attached hydrogens (primary N) is 1. The molecule has 0 aliphatic carbocycles. The molecule has 5 aromatic rings. The second kappa shape index (κ2) is 17.6. The smallest absolute Gasteiger partial charge is 0.245 e. The van der Waals surface area contributed by atoms with Crippen molar-refractivity contribution in [1.82, 2.24) is 20.9 Å². The molecule has 9 nitrogen and oxygen atoms in total. The van der Waals surface area contributed by atoms with E-state index in [0.29, 0.717) is 25.8 Å². The van der Waals surface area contributed by atoms with E-state index in [9.17, 15) is 19.2 Å². The van der Waals surface area contributed by atoms with E-state index in [0.717, 1.165) is 51.3 Å². The van der Waals surface area contributed by atoms with E-state index in [1.54, 1.807) is 4.90 Å². The third kappa shape index (κ3) is 9.82. The number of piperidine rings is 1. The lowest BCUT2D eigenvalue weighted by Gasteiger charge is -2.30. The van der Waals surface area contributed by atoms with Gasteiger partial charge >= 0.3 is 0 Å². The van der Waals surface area contributed by atoms with E-state index >= 15 is 0 Å². The van der Waals surface area contributed by atoms with Gasteiger partial charge in [0.05, 0.1) is 0 Å². The van der Waals surface area contributed by atoms with Crippen LogP contribution >= 0.6 is 0 Å². The number of primary amides is 1. The Morgan fingerprint density at radius 1 is 0.654 bits per heavy atom. The van der Waals surface area contributed by atoms with Crippen molar-refractivity contribution >= 4 is 45.2 Å². The summed E-state index contributed by atoms with van der Waals surface area (Å²) in [7, 11) is 0. The quantitative estimate of drug-likeness (QED) is 0.126. The number of nitrogens with zero attached hydrogens (tertiary/aromatic N) is 1. The van der Waals surface area contributed by atoms with Crippen LogP contribution in [-0.2, 0) is 38.4 Å². The number of carbonyl (C=O) groups is 4. The average molecular weight is 698 g/mol. The molecule has 5 aromatic carbocycles. The average Bonchev–Trinajstić information content (AvgIpc) is 3.17. The van der Waals surface area contributed by atoms with Gasteiger partial charge in [-0.2, -0.15) is 0 Å². The molecule has 268 valence electrons. The maximum absolute atomic E-state index is 14.5. The minimum absolute atomic E-state index is 0.00589. The Kier molecular flexibility index (Phi) is 12.3. The van der Waals surface area contributed by atoms with Gasteiger partial charge in [0.1, 0.15) is 12.1 Å². The fourth-order valence-corrected chi connectivity index (χ4v) is 6.96. The van der Waals surface area contributed by atoms with Crippen LogP contribution in [0.1, 0.15) is 36.0 Å². The first-order chi connectivity index (χ1) is 25.3. The number of rotatable bonds is 15. The van der Waals surface area contributed by atoms with E-state index < -0.39 is 23.9 Å². The zero-order chi connectivity index (χ0) is 36.3. The Hall–Kier alpha value is -5.54. The predicted molar refractivity (Wildman–Crippen MR) is 205 cm³/mol. The lowest BCUT2D eigenvalue weighted by Crippen LogP contribution is -2.57. The van der Waals surface area contributed by atoms with Crippen LogP contribution < -0.4 is 21.7 Å². The first-order valence-corrected chi connectivity index (χ1v) is 18.2. The van der Waals surface area contributed by atoms with Crippen molar-refractivity contribution in [2.45, 2.75) is 50.6 Å². The molecule has 9 heteroatoms. The maximum Gasteiger partial charge on any atom is 0.245 e. The topological polar surface area (TPSA) is 134 Å². The van der Waals surface area contributed by atoms with Crippen LogP contribution in [0.4, 0.5) is 0 Å². The normalized spacial score (nSPS) is 14.4. The molecule has 52 heavy (non-hydrogen) atoms. The van der Waals surface area contributed by atoms with Crippen molar-refractivity contribution in [1.29, 1.82) is 0 Å². The third-order valence-corrected chi connectivity index (χ3v) is 9.92. The Labute approximate surface area is 305 Å². The Balaban J connectivity index is 1.29. The van der Waals surface area contributed by atoms with E-state index in [4.69, 9.17) is 5.73 Å². The van der Waals surface area contributed by atoms with Crippen LogP contribution in [0.25, 0.3) is 21.5 Å². The standard InChI is InChI=1S/C43H47N5O4/c44-40(49)21-25-48(24-20-30-8-2-1-3-9-30)43(52)39(29-32-15-17-34-11-5-7-13-37(34)27-32)47-42(51)38(46-41(50)35-18-22-45-23-19-35)28-31-14-16-33-10-4-6-12-36(33)26-31/h1-17,26-27,35,38-39,45H,18-25,28-29H2,(H2,44,49)(H,46,50)(H,47,51)/t38-,39-/m1/s1. The SMILES string of the molecule is NC(=O)CCN(CCc1ccccc1)C(=O)[C@@H](Cc1ccc2ccccc2c1)NC(=O)[C@@H](Cc1ccc2ccccc2c1)NC(=O)C1CCNCC1. The third-order valence-electron chi connectivity index (χ3n) is 9.92. The van der Waals surface area contributed by atoms with E-state index in [-0.39, 0.29) is 43.5 Å². The minimum atomic E-state index is -0.966. The number of nitrogens with one attached hydrogen (secondary N) is 3. The van der Waals surface area contributed by atoms with Crippen molar-refractivity contribution in [3.05, 3.63) is 132 Å². The summed E-state index contributed by atoms with van der Waals surface area (Å²) in [5, 5.41) is 13.6. The second-order valence-corrected chi connectivity index (χ2v) is 13.7. The molecule has 0 radical (unpaired) electrons. The predicted octanol–water partition coefficient (Wildman–Crippen LogP) is 4.69. The van der Waals surface area contributed by atoms with Gasteiger partial charge in [-0.15, -0.1) is 0 Å². The van der Waals surface area contributed by atoms with Crippen LogP contribution in [0.15, 0.2) is 115 Å². The van der Waals surface area contributed by atoms with Gasteiger partial charge in [-0.25, -0.2) is 0 Å². The van der Waals surface area contributed by atoms with Gasteiger partial charge in [-0.05, 0) is 70.6 Å². The molecule has 0 unspecified atom stereocenters. The molecule has 5 N–H and O–H groups in total. The van der Waals surface area contributed by atoms with Crippen LogP contribution in [0.3, 0.4) is 0 Å². The van der Waals surface area contributed by atoms with Gasteiger partial charge in [0.25, 0.3) is 0 Å². The van der Waals surface area contributed by atoms with Crippen molar-refractivity contribution in [3.63, 3.8) is 0 Å². The highest BCUT2D eigenvalue weighted by Crippen LogP contribution is 2.20. The van der Waals surface area contributed by atoms with E-state index in [2.05, 4.69) is 16.0 Å². The van der Waals surface area contributed by atoms with Gasteiger partial charge in [0.2, 0.25) is 23.6 Å². The van der Waals surface area contributed by atoms with Crippen LogP contribution in [-0.4, -0.2) is 66.8 Å². The highest BCUT2D eigenvalue weighted by Gasteiger charge is 2.32. The molecule has 4 amide bonds. The summed E-state index contributed by atoms with van der Waals surface area (Å²) in [5.41, 5.74) is 8.36. The summed E-state index contributed by atoms with van der Waals surface area (Å²) in [6.45, 7) is 1.95. The highest BCUT2D eigenvalue weighted by molar-refractivity contribution is 5.93. The summed E-state index contributed by atoms with van der Waals surface area (Å²) in [6.07, 6.45) is 2.42. The van der Waals surface area contributed by atoms with Gasteiger partial charge in [-0.3, -0.25) is 19.2 Å². The Bertz CT molecular complexity index is 2010. The fourth-order valence-electron chi connectivity index (χ4n) is 6.96. The van der Waals surface area contributed by atoms with Crippen molar-refractivity contribution in [3.8, 4) is 0 Å². The number of fused-ring (bicyclic) bond motifs is 2. The number of hydrogen-bond acceptors (Lipinski definition) is 5. The molecule has 0 bridgehead atoms. The summed E-state index contributed by atoms with van der Waals surface area (Å²) in [5.74, 6) is -1.62. The first-order valence-electron chi connectivity index (χ1n) is 18.2. The van der Waals surface area contributed by atoms with E-state index in [1.165, 1.54) is 0 Å². The summed E-state index contributed by atoms with van der Waals surface area (Å²) in [4.78, 5) is 56.1. The molecule has 0 saturated carbocycles. The van der Waals surface area contributed by atoms with Crippen molar-refractivity contribution < 1.29 is 19.2 Å². The summed E-state index contributed by atoms with van der Waals surface area (Å²) in [6, 6.07) is 36.0. The molecule has 1 saturated heterocycles. The molecule has 1 aliphatic heterocycles. The number of hydrogen-bond donors (Lipinski definition) is 4. The van der Waals surface area contributed by atoms with Gasteiger partial charge in [-0.1, -0.05) is 115 Å². The number of benzene rings is 5. The first kappa shape index (κ1) is 36.3. The molecule has 0 spiro atoms. The van der Waals surface area contributed by atoms with Crippen molar-refractivity contribution in [2.24, 2.45) is 11.7 Å². The molecule has 6 rings (SSSR count). The molecular weight excluding hydrogens is 651 g/mol. The molecule has 2 atom stereocenters. The van der Waals surface area contributed by atoms with E-state index in [1.807, 2.05) is 115 Å². The molecular formula is C43H47N5O4. The summed E-state index contributed by atoms with van der Waals surface area (Å²) < 4.78 is 0. The maximum atomic E-state index is 14.5. The Morgan fingerprint density at radius 2 is 1.21 bits per heavy atom. The van der Waals surface area contributed by atoms with Crippen LogP contribution in [0, 0.1) is 5.92 Å². The molecule has 1 fully saturated rings. The van der Waals surface area contributed by atoms with Crippen LogP contribution in [0.2, 0.25) is 0 Å². The zero-order valence-electron chi connectivity index (χ0n) is 29.4. The van der Waals surface area contributed by atoms with Crippen LogP contribution in [0.5, 0.6) is 0 Å². The minimum Gasteiger partial charge on any atom is -0.370 e. The van der Waals surface area contributed by atoms with Crippen molar-refractivity contribution in [2.75, 3.05) is 26.2 Å². The second-order valence-electron chi connectivity index (χ2n) is 13.7. The largest absolute Gasteiger partial charge is 0.370 e. The molecule has 0 aromatic heterocycles.